The fourth-order valence-corrected chi connectivity index (χ4v) is 1.83. The van der Waals surface area contributed by atoms with Gasteiger partial charge in [-0.25, -0.2) is 0 Å². The summed E-state index contributed by atoms with van der Waals surface area (Å²) < 4.78 is 0. The summed E-state index contributed by atoms with van der Waals surface area (Å²) in [6, 6.07) is 0. The van der Waals surface area contributed by atoms with E-state index < -0.39 is 0 Å². The second-order valence-electron chi connectivity index (χ2n) is 4.18. The molecule has 2 heterocycles. The third kappa shape index (κ3) is 2.36. The quantitative estimate of drug-likeness (QED) is 0.787. The second-order valence-corrected chi connectivity index (χ2v) is 4.18. The van der Waals surface area contributed by atoms with Gasteiger partial charge < -0.3 is 10.0 Å². The van der Waals surface area contributed by atoms with Crippen molar-refractivity contribution in [1.82, 2.24) is 14.9 Å². The van der Waals surface area contributed by atoms with Crippen LogP contribution in [0.1, 0.15) is 17.8 Å². The van der Waals surface area contributed by atoms with Crippen molar-refractivity contribution in [3.8, 4) is 0 Å². The van der Waals surface area contributed by atoms with E-state index in [1.165, 1.54) is 0 Å². The Morgan fingerprint density at radius 1 is 1.50 bits per heavy atom. The molecule has 0 aromatic carbocycles. The Kier molecular flexibility index (Phi) is 3.14. The molecule has 1 aromatic heterocycles. The standard InChI is InChI=1S/C11H15N3O2/c1-8-3-13-10(4-12-8)6-14-5-9(7-15)2-11(14)16/h3-4,9,15H,2,5-7H2,1H3. The zero-order valence-electron chi connectivity index (χ0n) is 9.26. The van der Waals surface area contributed by atoms with E-state index in [-0.39, 0.29) is 18.4 Å². The van der Waals surface area contributed by atoms with Crippen molar-refractivity contribution in [2.45, 2.75) is 19.9 Å². The number of aryl methyl sites for hydroxylation is 1. The molecule has 1 aliphatic rings. The summed E-state index contributed by atoms with van der Waals surface area (Å²) >= 11 is 0. The Morgan fingerprint density at radius 2 is 2.31 bits per heavy atom. The molecule has 1 aromatic rings. The van der Waals surface area contributed by atoms with E-state index in [1.807, 2.05) is 6.92 Å². The predicted molar refractivity (Wildman–Crippen MR) is 57.4 cm³/mol. The number of amides is 1. The number of hydrogen-bond donors (Lipinski definition) is 1. The predicted octanol–water partition coefficient (Wildman–Crippen LogP) is 0.126. The number of carbonyl (C=O) groups excluding carboxylic acids is 1. The minimum absolute atomic E-state index is 0.0712. The number of aliphatic hydroxyl groups excluding tert-OH is 1. The van der Waals surface area contributed by atoms with Crippen molar-refractivity contribution >= 4 is 5.91 Å². The Morgan fingerprint density at radius 3 is 2.88 bits per heavy atom. The van der Waals surface area contributed by atoms with Gasteiger partial charge in [-0.15, -0.1) is 0 Å². The summed E-state index contributed by atoms with van der Waals surface area (Å²) in [7, 11) is 0. The van der Waals surface area contributed by atoms with Crippen molar-refractivity contribution in [3.05, 3.63) is 23.8 Å². The smallest absolute Gasteiger partial charge is 0.223 e. The van der Waals surface area contributed by atoms with Gasteiger partial charge in [-0.2, -0.15) is 0 Å². The maximum absolute atomic E-state index is 11.6. The van der Waals surface area contributed by atoms with Crippen molar-refractivity contribution in [2.24, 2.45) is 5.92 Å². The Hall–Kier alpha value is -1.49. The van der Waals surface area contributed by atoms with Crippen LogP contribution in [0.3, 0.4) is 0 Å². The highest BCUT2D eigenvalue weighted by atomic mass is 16.3. The molecule has 1 amide bonds. The van der Waals surface area contributed by atoms with Crippen molar-refractivity contribution in [3.63, 3.8) is 0 Å². The summed E-state index contributed by atoms with van der Waals surface area (Å²) in [5.41, 5.74) is 1.65. The molecule has 1 N–H and O–H groups in total. The van der Waals surface area contributed by atoms with E-state index in [9.17, 15) is 4.79 Å². The van der Waals surface area contributed by atoms with Gasteiger partial charge >= 0.3 is 0 Å². The molecule has 1 saturated heterocycles. The minimum Gasteiger partial charge on any atom is -0.396 e. The Bertz CT molecular complexity index is 377. The fraction of sp³-hybridized carbons (Fsp3) is 0.545. The normalized spacial score (nSPS) is 20.5. The molecule has 0 saturated carbocycles. The molecule has 1 unspecified atom stereocenters. The van der Waals surface area contributed by atoms with E-state index in [2.05, 4.69) is 9.97 Å². The molecule has 0 spiro atoms. The minimum atomic E-state index is 0.0712. The van der Waals surface area contributed by atoms with Gasteiger partial charge in [0.25, 0.3) is 0 Å². The molecule has 1 atom stereocenters. The number of hydrogen-bond acceptors (Lipinski definition) is 4. The molecule has 5 nitrogen and oxygen atoms in total. The average Bonchev–Trinajstić information content (AvgIpc) is 2.63. The number of aliphatic hydroxyl groups is 1. The molecular weight excluding hydrogens is 206 g/mol. The van der Waals surface area contributed by atoms with Gasteiger partial charge in [0, 0.05) is 31.7 Å². The third-order valence-corrected chi connectivity index (χ3v) is 2.74. The summed E-state index contributed by atoms with van der Waals surface area (Å²) in [5.74, 6) is 0.160. The van der Waals surface area contributed by atoms with Crippen molar-refractivity contribution < 1.29 is 9.90 Å². The first kappa shape index (κ1) is 11.0. The van der Waals surface area contributed by atoms with Crippen molar-refractivity contribution in [2.75, 3.05) is 13.2 Å². The van der Waals surface area contributed by atoms with E-state index >= 15 is 0 Å². The van der Waals surface area contributed by atoms with Crippen LogP contribution < -0.4 is 0 Å². The number of carbonyl (C=O) groups is 1. The van der Waals surface area contributed by atoms with Gasteiger partial charge in [0.1, 0.15) is 0 Å². The Labute approximate surface area is 94.1 Å². The van der Waals surface area contributed by atoms with Crippen LogP contribution in [0.2, 0.25) is 0 Å². The zero-order valence-corrected chi connectivity index (χ0v) is 9.26. The SMILES string of the molecule is Cc1cnc(CN2CC(CO)CC2=O)cn1. The van der Waals surface area contributed by atoms with Gasteiger partial charge in [-0.05, 0) is 6.92 Å². The molecule has 16 heavy (non-hydrogen) atoms. The number of nitrogens with zero attached hydrogens (tertiary/aromatic N) is 3. The average molecular weight is 221 g/mol. The van der Waals surface area contributed by atoms with Crippen LogP contribution in [0.25, 0.3) is 0 Å². The lowest BCUT2D eigenvalue weighted by Gasteiger charge is -2.15. The van der Waals surface area contributed by atoms with Gasteiger partial charge in [-0.1, -0.05) is 0 Å². The van der Waals surface area contributed by atoms with Gasteiger partial charge in [0.2, 0.25) is 5.91 Å². The largest absolute Gasteiger partial charge is 0.396 e. The van der Waals surface area contributed by atoms with Crippen LogP contribution in [0, 0.1) is 12.8 Å². The summed E-state index contributed by atoms with van der Waals surface area (Å²) in [6.07, 6.45) is 3.82. The van der Waals surface area contributed by atoms with Gasteiger partial charge in [-0.3, -0.25) is 14.8 Å². The van der Waals surface area contributed by atoms with E-state index in [0.29, 0.717) is 19.5 Å². The van der Waals surface area contributed by atoms with Crippen molar-refractivity contribution in [1.29, 1.82) is 0 Å². The highest BCUT2D eigenvalue weighted by molar-refractivity contribution is 5.78. The number of aromatic nitrogens is 2. The van der Waals surface area contributed by atoms with Crippen LogP contribution in [0.5, 0.6) is 0 Å². The van der Waals surface area contributed by atoms with Crippen LogP contribution in [-0.4, -0.2) is 39.0 Å². The Balaban J connectivity index is 2.00. The maximum atomic E-state index is 11.6. The lowest BCUT2D eigenvalue weighted by Crippen LogP contribution is -2.25. The molecule has 2 rings (SSSR count). The molecular formula is C11H15N3O2. The van der Waals surface area contributed by atoms with Crippen LogP contribution in [0.15, 0.2) is 12.4 Å². The van der Waals surface area contributed by atoms with Crippen LogP contribution in [-0.2, 0) is 11.3 Å². The first-order valence-electron chi connectivity index (χ1n) is 5.35. The highest BCUT2D eigenvalue weighted by Crippen LogP contribution is 2.18. The lowest BCUT2D eigenvalue weighted by atomic mass is 10.1. The zero-order chi connectivity index (χ0) is 11.5. The monoisotopic (exact) mass is 221 g/mol. The first-order chi connectivity index (χ1) is 7.69. The van der Waals surface area contributed by atoms with Crippen LogP contribution in [0.4, 0.5) is 0 Å². The molecule has 1 aliphatic heterocycles. The molecule has 0 bridgehead atoms. The molecule has 0 radical (unpaired) electrons. The molecule has 86 valence electrons. The van der Waals surface area contributed by atoms with Gasteiger partial charge in [0.15, 0.2) is 0 Å². The molecule has 5 heteroatoms. The van der Waals surface area contributed by atoms with E-state index in [0.717, 1.165) is 11.4 Å². The van der Waals surface area contributed by atoms with Gasteiger partial charge in [0.05, 0.1) is 24.1 Å². The molecule has 1 fully saturated rings. The van der Waals surface area contributed by atoms with Crippen LogP contribution >= 0.6 is 0 Å². The third-order valence-electron chi connectivity index (χ3n) is 2.74. The van der Waals surface area contributed by atoms with E-state index in [4.69, 9.17) is 5.11 Å². The summed E-state index contributed by atoms with van der Waals surface area (Å²) in [6.45, 7) is 3.05. The summed E-state index contributed by atoms with van der Waals surface area (Å²) in [5, 5.41) is 9.00. The maximum Gasteiger partial charge on any atom is 0.223 e. The lowest BCUT2D eigenvalue weighted by molar-refractivity contribution is -0.128. The number of rotatable bonds is 3. The second kappa shape index (κ2) is 4.57. The number of likely N-dealkylation sites (tertiary alicyclic amines) is 1. The summed E-state index contributed by atoms with van der Waals surface area (Å²) in [4.78, 5) is 21.6. The first-order valence-corrected chi connectivity index (χ1v) is 5.35. The highest BCUT2D eigenvalue weighted by Gasteiger charge is 2.29. The fourth-order valence-electron chi connectivity index (χ4n) is 1.83. The molecule has 0 aliphatic carbocycles. The topological polar surface area (TPSA) is 66.3 Å². The van der Waals surface area contributed by atoms with E-state index in [1.54, 1.807) is 17.3 Å².